The van der Waals surface area contributed by atoms with Crippen molar-refractivity contribution in [2.75, 3.05) is 14.2 Å². The van der Waals surface area contributed by atoms with Crippen LogP contribution in [0.4, 0.5) is 0 Å². The van der Waals surface area contributed by atoms with E-state index in [2.05, 4.69) is 33.8 Å². The van der Waals surface area contributed by atoms with Crippen molar-refractivity contribution >= 4 is 11.6 Å². The fraction of sp³-hybridized carbons (Fsp3) is 0.636. The van der Waals surface area contributed by atoms with Crippen molar-refractivity contribution in [2.24, 2.45) is 5.41 Å². The number of allylic oxidation sites excluding steroid dienone is 4. The van der Waals surface area contributed by atoms with Gasteiger partial charge in [-0.25, -0.2) is 0 Å². The Balaban J connectivity index is 0.00000301. The van der Waals surface area contributed by atoms with Crippen molar-refractivity contribution in [3.05, 3.63) is 34.3 Å². The molecule has 4 nitrogen and oxygen atoms in total. The number of methoxy groups -OCH3 is 2. The van der Waals surface area contributed by atoms with Gasteiger partial charge in [-0.1, -0.05) is 53.2 Å². The second kappa shape index (κ2) is 11.0. The second-order valence-electron chi connectivity index (χ2n) is 6.10. The maximum absolute atomic E-state index is 13.1. The molecule has 0 unspecified atom stereocenters. The molecule has 148 valence electrons. The molecule has 0 aromatic heterocycles. The highest BCUT2D eigenvalue weighted by atomic mass is 16.5. The molecule has 4 heteroatoms. The molecule has 0 atom stereocenters. The average molecular weight is 365 g/mol. The van der Waals surface area contributed by atoms with E-state index in [1.807, 2.05) is 13.8 Å². The fourth-order valence-corrected chi connectivity index (χ4v) is 3.47. The van der Waals surface area contributed by atoms with E-state index in [0.717, 1.165) is 25.7 Å². The van der Waals surface area contributed by atoms with Gasteiger partial charge in [0.2, 0.25) is 23.1 Å². The van der Waals surface area contributed by atoms with Crippen molar-refractivity contribution in [1.29, 1.82) is 0 Å². The largest absolute Gasteiger partial charge is 0.489 e. The lowest BCUT2D eigenvalue weighted by Gasteiger charge is -2.35. The molecule has 1 rings (SSSR count). The highest BCUT2D eigenvalue weighted by Gasteiger charge is 2.43. The SMILES string of the molecule is CC.CCC(=CC(CC)(CC)C1=C(C)C(=O)C(OC)=C(OC)C1=O)CC. The van der Waals surface area contributed by atoms with Crippen molar-refractivity contribution in [2.45, 2.75) is 74.1 Å². The van der Waals surface area contributed by atoms with Crippen LogP contribution >= 0.6 is 0 Å². The molecule has 0 N–H and O–H groups in total. The van der Waals surface area contributed by atoms with Gasteiger partial charge in [0, 0.05) is 16.6 Å². The molecule has 0 spiro atoms. The van der Waals surface area contributed by atoms with Crippen LogP contribution in [0.5, 0.6) is 0 Å². The molecule has 1 aliphatic rings. The van der Waals surface area contributed by atoms with Crippen LogP contribution < -0.4 is 0 Å². The van der Waals surface area contributed by atoms with Crippen LogP contribution in [0.25, 0.3) is 0 Å². The predicted molar refractivity (Wildman–Crippen MR) is 107 cm³/mol. The number of ketones is 2. The summed E-state index contributed by atoms with van der Waals surface area (Å²) in [4.78, 5) is 25.8. The maximum Gasteiger partial charge on any atom is 0.228 e. The minimum Gasteiger partial charge on any atom is -0.489 e. The molecule has 0 aromatic carbocycles. The normalized spacial score (nSPS) is 14.8. The number of hydrogen-bond acceptors (Lipinski definition) is 4. The average Bonchev–Trinajstić information content (AvgIpc) is 2.68. The van der Waals surface area contributed by atoms with Gasteiger partial charge in [-0.3, -0.25) is 9.59 Å². The van der Waals surface area contributed by atoms with E-state index in [-0.39, 0.29) is 23.1 Å². The number of hydrogen-bond donors (Lipinski definition) is 0. The van der Waals surface area contributed by atoms with Crippen LogP contribution in [0.2, 0.25) is 0 Å². The number of ether oxygens (including phenoxy) is 2. The summed E-state index contributed by atoms with van der Waals surface area (Å²) in [7, 11) is 2.79. The molecular weight excluding hydrogens is 328 g/mol. The molecule has 26 heavy (non-hydrogen) atoms. The van der Waals surface area contributed by atoms with Crippen LogP contribution in [-0.4, -0.2) is 25.8 Å². The lowest BCUT2D eigenvalue weighted by molar-refractivity contribution is -0.121. The molecule has 0 heterocycles. The van der Waals surface area contributed by atoms with Crippen molar-refractivity contribution in [3.8, 4) is 0 Å². The Kier molecular flexibility index (Phi) is 10.2. The Morgan fingerprint density at radius 2 is 1.31 bits per heavy atom. The molecular formula is C22H36O4. The Morgan fingerprint density at radius 1 is 0.885 bits per heavy atom. The molecule has 0 fully saturated rings. The van der Waals surface area contributed by atoms with Crippen LogP contribution in [-0.2, 0) is 19.1 Å². The third kappa shape index (κ3) is 4.46. The van der Waals surface area contributed by atoms with Crippen LogP contribution in [0, 0.1) is 5.41 Å². The zero-order valence-electron chi connectivity index (χ0n) is 18.0. The Bertz CT molecular complexity index is 596. The molecule has 0 bridgehead atoms. The zero-order chi connectivity index (χ0) is 20.5. The highest BCUT2D eigenvalue weighted by molar-refractivity contribution is 6.24. The summed E-state index contributed by atoms with van der Waals surface area (Å²) in [5.41, 5.74) is 1.85. The first-order valence-electron chi connectivity index (χ1n) is 9.70. The molecule has 0 saturated carbocycles. The Labute approximate surface area is 159 Å². The molecule has 0 saturated heterocycles. The van der Waals surface area contributed by atoms with Gasteiger partial charge in [-0.2, -0.15) is 0 Å². The van der Waals surface area contributed by atoms with E-state index < -0.39 is 5.41 Å². The van der Waals surface area contributed by atoms with Crippen molar-refractivity contribution in [1.82, 2.24) is 0 Å². The predicted octanol–water partition coefficient (Wildman–Crippen LogP) is 5.54. The minimum atomic E-state index is -0.457. The zero-order valence-corrected chi connectivity index (χ0v) is 18.0. The lowest BCUT2D eigenvalue weighted by Crippen LogP contribution is -2.34. The van der Waals surface area contributed by atoms with Crippen LogP contribution in [0.1, 0.15) is 74.1 Å². The van der Waals surface area contributed by atoms with Gasteiger partial charge in [-0.05, 0) is 32.6 Å². The molecule has 0 aromatic rings. The molecule has 0 aliphatic heterocycles. The lowest BCUT2D eigenvalue weighted by atomic mass is 9.68. The minimum absolute atomic E-state index is 0.0000391. The first-order chi connectivity index (χ1) is 12.4. The first-order valence-corrected chi connectivity index (χ1v) is 9.70. The summed E-state index contributed by atoms with van der Waals surface area (Å²) in [6.45, 7) is 14.1. The number of Topliss-reactive ketones (excluding diaryl/α,β-unsaturated/α-hetero) is 2. The fourth-order valence-electron chi connectivity index (χ4n) is 3.47. The summed E-state index contributed by atoms with van der Waals surface area (Å²) < 4.78 is 10.4. The number of rotatable bonds is 8. The van der Waals surface area contributed by atoms with Gasteiger partial charge in [-0.15, -0.1) is 0 Å². The Morgan fingerprint density at radius 3 is 1.65 bits per heavy atom. The van der Waals surface area contributed by atoms with Crippen molar-refractivity contribution < 1.29 is 19.1 Å². The summed E-state index contributed by atoms with van der Waals surface area (Å²) in [6, 6.07) is 0. The number of carbonyl (C=O) groups excluding carboxylic acids is 2. The molecule has 1 aliphatic carbocycles. The van der Waals surface area contributed by atoms with Gasteiger partial charge in [0.05, 0.1) is 14.2 Å². The third-order valence-corrected chi connectivity index (χ3v) is 5.12. The van der Waals surface area contributed by atoms with E-state index in [1.54, 1.807) is 6.92 Å². The summed E-state index contributed by atoms with van der Waals surface area (Å²) in [6.07, 6.45) is 5.56. The quantitative estimate of drug-likeness (QED) is 0.419. The Hall–Kier alpha value is -1.84. The maximum atomic E-state index is 13.1. The van der Waals surface area contributed by atoms with Crippen LogP contribution in [0.15, 0.2) is 34.3 Å². The smallest absolute Gasteiger partial charge is 0.228 e. The summed E-state index contributed by atoms with van der Waals surface area (Å²) in [5.74, 6) is -0.492. The summed E-state index contributed by atoms with van der Waals surface area (Å²) in [5, 5.41) is 0. The van der Waals surface area contributed by atoms with Gasteiger partial charge >= 0.3 is 0 Å². The van der Waals surface area contributed by atoms with Gasteiger partial charge in [0.15, 0.2) is 0 Å². The van der Waals surface area contributed by atoms with Gasteiger partial charge < -0.3 is 9.47 Å². The van der Waals surface area contributed by atoms with Gasteiger partial charge in [0.25, 0.3) is 0 Å². The number of carbonyl (C=O) groups is 2. The van der Waals surface area contributed by atoms with E-state index in [1.165, 1.54) is 19.8 Å². The molecule has 0 radical (unpaired) electrons. The topological polar surface area (TPSA) is 52.6 Å². The van der Waals surface area contributed by atoms with E-state index in [0.29, 0.717) is 11.1 Å². The van der Waals surface area contributed by atoms with Crippen LogP contribution in [0.3, 0.4) is 0 Å². The van der Waals surface area contributed by atoms with E-state index in [9.17, 15) is 9.59 Å². The second-order valence-corrected chi connectivity index (χ2v) is 6.10. The van der Waals surface area contributed by atoms with E-state index >= 15 is 0 Å². The highest BCUT2D eigenvalue weighted by Crippen LogP contribution is 2.44. The third-order valence-electron chi connectivity index (χ3n) is 5.12. The summed E-state index contributed by atoms with van der Waals surface area (Å²) >= 11 is 0. The standard InChI is InChI=1S/C20H30O4.C2H6/c1-8-14(9-2)12-20(10-3,11-4)15-13(5)16(21)18(23-6)19(24-7)17(15)22;1-2/h12H,8-11H2,1-7H3;1-2H3. The first kappa shape index (κ1) is 24.2. The molecule has 0 amide bonds. The monoisotopic (exact) mass is 364 g/mol. The van der Waals surface area contributed by atoms with E-state index in [4.69, 9.17) is 9.47 Å². The van der Waals surface area contributed by atoms with Gasteiger partial charge in [0.1, 0.15) is 0 Å². The van der Waals surface area contributed by atoms with Crippen molar-refractivity contribution in [3.63, 3.8) is 0 Å².